The van der Waals surface area contributed by atoms with Crippen molar-refractivity contribution in [1.82, 2.24) is 9.59 Å². The summed E-state index contributed by atoms with van der Waals surface area (Å²) in [4.78, 5) is 0. The van der Waals surface area contributed by atoms with Gasteiger partial charge in [0.05, 0.1) is 11.6 Å². The third-order valence-electron chi connectivity index (χ3n) is 2.05. The summed E-state index contributed by atoms with van der Waals surface area (Å²) in [7, 11) is 0. The number of nitrogens with one attached hydrogen (secondary N) is 1. The van der Waals surface area contributed by atoms with Gasteiger partial charge in [0.2, 0.25) is 0 Å². The monoisotopic (exact) mass is 247 g/mol. The van der Waals surface area contributed by atoms with Crippen molar-refractivity contribution in [2.45, 2.75) is 6.61 Å². The number of hydrazine groups is 1. The van der Waals surface area contributed by atoms with Crippen molar-refractivity contribution in [3.05, 3.63) is 35.5 Å². The van der Waals surface area contributed by atoms with E-state index in [1.54, 1.807) is 24.3 Å². The van der Waals surface area contributed by atoms with Gasteiger partial charge in [0.1, 0.15) is 18.1 Å². The summed E-state index contributed by atoms with van der Waals surface area (Å²) < 4.78 is 9.25. The van der Waals surface area contributed by atoms with E-state index in [-0.39, 0.29) is 6.61 Å². The first-order valence-electron chi connectivity index (χ1n) is 4.74. The molecule has 2 rings (SSSR count). The maximum atomic E-state index is 8.65. The van der Waals surface area contributed by atoms with Crippen LogP contribution in [0.15, 0.2) is 24.3 Å². The lowest BCUT2D eigenvalue weighted by atomic mass is 10.2. The topological polar surface area (TPSA) is 96.8 Å². The molecular weight excluding hydrogens is 238 g/mol. The Kier molecular flexibility index (Phi) is 3.49. The summed E-state index contributed by atoms with van der Waals surface area (Å²) in [5, 5.41) is 13.2. The van der Waals surface area contributed by atoms with Gasteiger partial charge in [-0.05, 0) is 24.3 Å². The summed E-state index contributed by atoms with van der Waals surface area (Å²) >= 11 is 1.17. The van der Waals surface area contributed by atoms with Crippen LogP contribution in [0, 0.1) is 11.3 Å². The van der Waals surface area contributed by atoms with Gasteiger partial charge in [0, 0.05) is 11.5 Å². The Hall–Kier alpha value is -2.17. The number of nitrogens with zero attached hydrogens (tertiary/aromatic N) is 3. The molecule has 0 radical (unpaired) electrons. The van der Waals surface area contributed by atoms with Gasteiger partial charge in [-0.3, -0.25) is 0 Å². The highest BCUT2D eigenvalue weighted by molar-refractivity contribution is 7.10. The van der Waals surface area contributed by atoms with Gasteiger partial charge in [-0.25, -0.2) is 5.84 Å². The van der Waals surface area contributed by atoms with Crippen LogP contribution >= 0.6 is 11.5 Å². The molecule has 0 unspecified atom stereocenters. The van der Waals surface area contributed by atoms with Gasteiger partial charge in [-0.15, -0.1) is 5.10 Å². The number of nitriles is 1. The zero-order valence-electron chi connectivity index (χ0n) is 8.75. The SMILES string of the molecule is N#Cc1ccc(OCc2nnsc2NN)cc1. The average Bonchev–Trinajstić information content (AvgIpc) is 2.84. The second-order valence-corrected chi connectivity index (χ2v) is 3.87. The minimum absolute atomic E-state index is 0.280. The fraction of sp³-hybridized carbons (Fsp3) is 0.100. The number of nitrogens with two attached hydrogens (primary N) is 1. The number of rotatable bonds is 4. The van der Waals surface area contributed by atoms with Gasteiger partial charge in [0.25, 0.3) is 0 Å². The largest absolute Gasteiger partial charge is 0.487 e. The molecule has 3 N–H and O–H groups in total. The molecule has 1 heterocycles. The second-order valence-electron chi connectivity index (χ2n) is 3.12. The molecule has 1 aromatic carbocycles. The van der Waals surface area contributed by atoms with Gasteiger partial charge < -0.3 is 10.2 Å². The van der Waals surface area contributed by atoms with Crippen molar-refractivity contribution in [2.75, 3.05) is 5.43 Å². The quantitative estimate of drug-likeness (QED) is 0.624. The predicted molar refractivity (Wildman–Crippen MR) is 63.2 cm³/mol. The molecule has 0 aliphatic carbocycles. The summed E-state index contributed by atoms with van der Waals surface area (Å²) in [5.74, 6) is 5.96. The molecule has 6 nitrogen and oxygen atoms in total. The Balaban J connectivity index is 2.00. The molecule has 0 fully saturated rings. The van der Waals surface area contributed by atoms with E-state index >= 15 is 0 Å². The molecule has 17 heavy (non-hydrogen) atoms. The Morgan fingerprint density at radius 3 is 2.82 bits per heavy atom. The minimum atomic E-state index is 0.280. The Morgan fingerprint density at radius 2 is 2.18 bits per heavy atom. The standard InChI is InChI=1S/C10H9N5OS/c11-5-7-1-3-8(4-2-7)16-6-9-10(13-12)17-15-14-9/h1-4,13H,6,12H2. The fourth-order valence-electron chi connectivity index (χ4n) is 1.19. The van der Waals surface area contributed by atoms with Crippen molar-refractivity contribution in [3.8, 4) is 11.8 Å². The maximum absolute atomic E-state index is 8.65. The van der Waals surface area contributed by atoms with Crippen molar-refractivity contribution < 1.29 is 4.74 Å². The number of hydrogen-bond donors (Lipinski definition) is 2. The van der Waals surface area contributed by atoms with E-state index in [9.17, 15) is 0 Å². The highest BCUT2D eigenvalue weighted by atomic mass is 32.1. The number of hydrogen-bond acceptors (Lipinski definition) is 7. The van der Waals surface area contributed by atoms with Crippen LogP contribution in [0.25, 0.3) is 0 Å². The molecule has 0 amide bonds. The van der Waals surface area contributed by atoms with E-state index in [1.165, 1.54) is 11.5 Å². The first-order chi connectivity index (χ1) is 8.33. The van der Waals surface area contributed by atoms with E-state index in [0.29, 0.717) is 22.0 Å². The fourth-order valence-corrected chi connectivity index (χ4v) is 1.67. The van der Waals surface area contributed by atoms with E-state index in [0.717, 1.165) is 0 Å². The third-order valence-corrected chi connectivity index (χ3v) is 2.75. The first kappa shape index (κ1) is 11.3. The molecule has 0 bridgehead atoms. The summed E-state index contributed by atoms with van der Waals surface area (Å²) in [5.41, 5.74) is 3.75. The smallest absolute Gasteiger partial charge is 0.150 e. The molecule has 0 aliphatic heterocycles. The maximum Gasteiger partial charge on any atom is 0.150 e. The number of ether oxygens (including phenoxy) is 1. The lowest BCUT2D eigenvalue weighted by molar-refractivity contribution is 0.301. The number of aromatic nitrogens is 2. The highest BCUT2D eigenvalue weighted by Crippen LogP contribution is 2.19. The lowest BCUT2D eigenvalue weighted by Gasteiger charge is -2.04. The van der Waals surface area contributed by atoms with Crippen LogP contribution in [0.5, 0.6) is 5.75 Å². The van der Waals surface area contributed by atoms with Gasteiger partial charge in [0.15, 0.2) is 5.00 Å². The number of anilines is 1. The molecule has 1 aromatic heterocycles. The third kappa shape index (κ3) is 2.69. The predicted octanol–water partition coefficient (Wildman–Crippen LogP) is 1.27. The normalized spacial score (nSPS) is 9.65. The molecule has 0 saturated carbocycles. The zero-order chi connectivity index (χ0) is 12.1. The van der Waals surface area contributed by atoms with Crippen LogP contribution < -0.4 is 16.0 Å². The lowest BCUT2D eigenvalue weighted by Crippen LogP contribution is -2.08. The van der Waals surface area contributed by atoms with Crippen LogP contribution in [0.1, 0.15) is 11.3 Å². The second kappa shape index (κ2) is 5.25. The van der Waals surface area contributed by atoms with E-state index in [2.05, 4.69) is 15.0 Å². The Labute approximate surface area is 102 Å². The van der Waals surface area contributed by atoms with Crippen molar-refractivity contribution in [2.24, 2.45) is 5.84 Å². The van der Waals surface area contributed by atoms with E-state index in [4.69, 9.17) is 15.8 Å². The molecule has 0 atom stereocenters. The van der Waals surface area contributed by atoms with Gasteiger partial charge in [-0.2, -0.15) is 5.26 Å². The van der Waals surface area contributed by atoms with Crippen molar-refractivity contribution in [3.63, 3.8) is 0 Å². The van der Waals surface area contributed by atoms with Crippen LogP contribution in [-0.4, -0.2) is 9.59 Å². The molecule has 2 aromatic rings. The summed E-state index contributed by atoms with van der Waals surface area (Å²) in [6.45, 7) is 0.280. The average molecular weight is 247 g/mol. The molecule has 7 heteroatoms. The highest BCUT2D eigenvalue weighted by Gasteiger charge is 2.07. The van der Waals surface area contributed by atoms with Crippen LogP contribution in [0.2, 0.25) is 0 Å². The molecule has 86 valence electrons. The van der Waals surface area contributed by atoms with Gasteiger partial charge >= 0.3 is 0 Å². The minimum Gasteiger partial charge on any atom is -0.487 e. The molecule has 0 spiro atoms. The van der Waals surface area contributed by atoms with Crippen molar-refractivity contribution >= 4 is 16.5 Å². The van der Waals surface area contributed by atoms with E-state index < -0.39 is 0 Å². The van der Waals surface area contributed by atoms with Crippen molar-refractivity contribution in [1.29, 1.82) is 5.26 Å². The Morgan fingerprint density at radius 1 is 1.41 bits per heavy atom. The first-order valence-corrected chi connectivity index (χ1v) is 5.51. The van der Waals surface area contributed by atoms with E-state index in [1.807, 2.05) is 6.07 Å². The number of nitrogen functional groups attached to an aromatic ring is 1. The van der Waals surface area contributed by atoms with Crippen LogP contribution in [0.4, 0.5) is 5.00 Å². The van der Waals surface area contributed by atoms with Gasteiger partial charge in [-0.1, -0.05) is 4.49 Å². The summed E-state index contributed by atoms with van der Waals surface area (Å²) in [6, 6.07) is 8.88. The zero-order valence-corrected chi connectivity index (χ0v) is 9.57. The molecule has 0 aliphatic rings. The summed E-state index contributed by atoms with van der Waals surface area (Å²) in [6.07, 6.45) is 0. The number of benzene rings is 1. The molecular formula is C10H9N5OS. The Bertz CT molecular complexity index is 530. The van der Waals surface area contributed by atoms with Crippen LogP contribution in [-0.2, 0) is 6.61 Å². The molecule has 0 saturated heterocycles. The van der Waals surface area contributed by atoms with Crippen LogP contribution in [0.3, 0.4) is 0 Å².